The van der Waals surface area contributed by atoms with Crippen molar-refractivity contribution in [1.29, 1.82) is 0 Å². The molecule has 0 amide bonds. The molecule has 2 aromatic rings. The van der Waals surface area contributed by atoms with E-state index in [4.69, 9.17) is 0 Å². The molecule has 2 nitrogen and oxygen atoms in total. The number of fused-ring (bicyclic) bond motifs is 1. The second-order valence-corrected chi connectivity index (χ2v) is 6.19. The van der Waals surface area contributed by atoms with Gasteiger partial charge in [0.25, 0.3) is 0 Å². The fraction of sp³-hybridized carbons (Fsp3) is 0.467. The first-order chi connectivity index (χ1) is 8.66. The minimum atomic E-state index is 0.611. The lowest BCUT2D eigenvalue weighted by molar-refractivity contribution is 0.455. The van der Waals surface area contributed by atoms with Crippen LogP contribution in [0.1, 0.15) is 35.6 Å². The van der Waals surface area contributed by atoms with Gasteiger partial charge >= 0.3 is 0 Å². The average Bonchev–Trinajstić information content (AvgIpc) is 2.67. The Balaban J connectivity index is 2.13. The lowest BCUT2D eigenvalue weighted by Gasteiger charge is -2.22. The van der Waals surface area contributed by atoms with E-state index in [1.807, 2.05) is 0 Å². The molecule has 1 aliphatic heterocycles. The molecule has 1 saturated heterocycles. The van der Waals surface area contributed by atoms with Crippen molar-refractivity contribution in [3.8, 4) is 0 Å². The smallest absolute Gasteiger partial charge is 0.0473 e. The van der Waals surface area contributed by atoms with Crippen LogP contribution in [0.25, 0.3) is 10.9 Å². The predicted octanol–water partition coefficient (Wildman–Crippen LogP) is 4.01. The molecular weight excluding hydrogens is 288 g/mol. The summed E-state index contributed by atoms with van der Waals surface area (Å²) in [6.45, 7) is 6.59. The van der Waals surface area contributed by atoms with Crippen molar-refractivity contribution in [2.24, 2.45) is 0 Å². The van der Waals surface area contributed by atoms with Crippen LogP contribution in [0, 0.1) is 13.8 Å². The standard InChI is InChI=1S/C15H19BrN2/c1-9-6-10(2)13-12(7-9)18-15(14(13)16)11-4-3-5-17-8-11/h6-7,11,17-18H,3-5,8H2,1-2H3. The SMILES string of the molecule is Cc1cc(C)c2c(Br)c(C3CCCNC3)[nH]c2c1. The Morgan fingerprint density at radius 1 is 1.28 bits per heavy atom. The molecule has 1 unspecified atom stereocenters. The van der Waals surface area contributed by atoms with E-state index in [9.17, 15) is 0 Å². The Bertz CT molecular complexity index is 580. The van der Waals surface area contributed by atoms with Crippen LogP contribution in [-0.4, -0.2) is 18.1 Å². The van der Waals surface area contributed by atoms with Crippen LogP contribution in [0.2, 0.25) is 0 Å². The Kier molecular flexibility index (Phi) is 3.20. The highest BCUT2D eigenvalue weighted by Crippen LogP contribution is 2.36. The summed E-state index contributed by atoms with van der Waals surface area (Å²) >= 11 is 3.80. The largest absolute Gasteiger partial charge is 0.357 e. The highest BCUT2D eigenvalue weighted by molar-refractivity contribution is 9.10. The van der Waals surface area contributed by atoms with Crippen molar-refractivity contribution >= 4 is 26.8 Å². The summed E-state index contributed by atoms with van der Waals surface area (Å²) < 4.78 is 1.27. The maximum absolute atomic E-state index is 3.80. The van der Waals surface area contributed by atoms with Crippen LogP contribution in [-0.2, 0) is 0 Å². The number of rotatable bonds is 1. The maximum atomic E-state index is 3.80. The summed E-state index contributed by atoms with van der Waals surface area (Å²) in [4.78, 5) is 3.63. The summed E-state index contributed by atoms with van der Waals surface area (Å²) in [6, 6.07) is 4.50. The third-order valence-corrected chi connectivity index (χ3v) is 4.73. The van der Waals surface area contributed by atoms with Crippen LogP contribution in [0.3, 0.4) is 0 Å². The normalized spacial score (nSPS) is 20.5. The number of hydrogen-bond donors (Lipinski definition) is 2. The van der Waals surface area contributed by atoms with Crippen LogP contribution < -0.4 is 5.32 Å². The number of piperidine rings is 1. The third kappa shape index (κ3) is 1.99. The van der Waals surface area contributed by atoms with E-state index in [0.29, 0.717) is 5.92 Å². The van der Waals surface area contributed by atoms with E-state index in [1.165, 1.54) is 45.0 Å². The van der Waals surface area contributed by atoms with E-state index in [1.54, 1.807) is 0 Å². The van der Waals surface area contributed by atoms with Gasteiger partial charge in [-0.3, -0.25) is 0 Å². The summed E-state index contributed by atoms with van der Waals surface area (Å²) in [5.74, 6) is 0.611. The number of hydrogen-bond acceptors (Lipinski definition) is 1. The van der Waals surface area contributed by atoms with Crippen molar-refractivity contribution in [3.63, 3.8) is 0 Å². The molecule has 2 N–H and O–H groups in total. The van der Waals surface area contributed by atoms with Gasteiger partial charge in [0.05, 0.1) is 0 Å². The molecule has 1 aromatic carbocycles. The van der Waals surface area contributed by atoms with E-state index in [0.717, 1.165) is 13.1 Å². The first-order valence-electron chi connectivity index (χ1n) is 6.66. The molecule has 0 radical (unpaired) electrons. The van der Waals surface area contributed by atoms with Gasteiger partial charge in [-0.15, -0.1) is 0 Å². The lowest BCUT2D eigenvalue weighted by Crippen LogP contribution is -2.28. The molecule has 18 heavy (non-hydrogen) atoms. The van der Waals surface area contributed by atoms with Crippen molar-refractivity contribution in [1.82, 2.24) is 10.3 Å². The molecule has 0 bridgehead atoms. The summed E-state index contributed by atoms with van der Waals surface area (Å²) in [7, 11) is 0. The molecule has 1 aromatic heterocycles. The summed E-state index contributed by atoms with van der Waals surface area (Å²) in [5.41, 5.74) is 5.30. The van der Waals surface area contributed by atoms with Gasteiger partial charge in [-0.2, -0.15) is 0 Å². The average molecular weight is 307 g/mol. The van der Waals surface area contributed by atoms with Gasteiger partial charge in [0.2, 0.25) is 0 Å². The van der Waals surface area contributed by atoms with Gasteiger partial charge in [0, 0.05) is 33.5 Å². The second-order valence-electron chi connectivity index (χ2n) is 5.40. The second kappa shape index (κ2) is 4.71. The van der Waals surface area contributed by atoms with Crippen molar-refractivity contribution < 1.29 is 0 Å². The zero-order chi connectivity index (χ0) is 12.7. The summed E-state index contributed by atoms with van der Waals surface area (Å²) in [6.07, 6.45) is 2.54. The van der Waals surface area contributed by atoms with Crippen LogP contribution in [0.5, 0.6) is 0 Å². The zero-order valence-electron chi connectivity index (χ0n) is 10.9. The lowest BCUT2D eigenvalue weighted by atomic mass is 9.96. The van der Waals surface area contributed by atoms with Crippen LogP contribution >= 0.6 is 15.9 Å². The highest BCUT2D eigenvalue weighted by Gasteiger charge is 2.21. The number of aryl methyl sites for hydroxylation is 2. The quantitative estimate of drug-likeness (QED) is 0.818. The van der Waals surface area contributed by atoms with E-state index in [-0.39, 0.29) is 0 Å². The fourth-order valence-corrected chi connectivity index (χ4v) is 4.02. The minimum absolute atomic E-state index is 0.611. The molecule has 0 aliphatic carbocycles. The van der Waals surface area contributed by atoms with Gasteiger partial charge in [-0.1, -0.05) is 6.07 Å². The first-order valence-corrected chi connectivity index (χ1v) is 7.45. The number of halogens is 1. The number of aromatic amines is 1. The van der Waals surface area contributed by atoms with Crippen molar-refractivity contribution in [3.05, 3.63) is 33.4 Å². The third-order valence-electron chi connectivity index (χ3n) is 3.91. The number of nitrogens with one attached hydrogen (secondary N) is 2. The number of H-pyrrole nitrogens is 1. The zero-order valence-corrected chi connectivity index (χ0v) is 12.5. The molecule has 96 valence electrons. The topological polar surface area (TPSA) is 27.8 Å². The Morgan fingerprint density at radius 3 is 2.83 bits per heavy atom. The van der Waals surface area contributed by atoms with E-state index < -0.39 is 0 Å². The van der Waals surface area contributed by atoms with E-state index in [2.05, 4.69) is 52.2 Å². The maximum Gasteiger partial charge on any atom is 0.0473 e. The van der Waals surface area contributed by atoms with Gasteiger partial charge in [0.1, 0.15) is 0 Å². The van der Waals surface area contributed by atoms with E-state index >= 15 is 0 Å². The highest BCUT2D eigenvalue weighted by atomic mass is 79.9. The van der Waals surface area contributed by atoms with Gasteiger partial charge in [0.15, 0.2) is 0 Å². The fourth-order valence-electron chi connectivity index (χ4n) is 3.07. The molecule has 0 spiro atoms. The molecular formula is C15H19BrN2. The van der Waals surface area contributed by atoms with Gasteiger partial charge in [-0.25, -0.2) is 0 Å². The molecule has 1 fully saturated rings. The van der Waals surface area contributed by atoms with Crippen LogP contribution in [0.15, 0.2) is 16.6 Å². The Hall–Kier alpha value is -0.800. The first kappa shape index (κ1) is 12.2. The summed E-state index contributed by atoms with van der Waals surface area (Å²) in [5, 5.41) is 4.84. The van der Waals surface area contributed by atoms with Gasteiger partial charge < -0.3 is 10.3 Å². The molecule has 1 atom stereocenters. The molecule has 2 heterocycles. The number of benzene rings is 1. The molecule has 3 rings (SSSR count). The van der Waals surface area contributed by atoms with Crippen molar-refractivity contribution in [2.45, 2.75) is 32.6 Å². The molecule has 1 aliphatic rings. The Labute approximate surface area is 116 Å². The monoisotopic (exact) mass is 306 g/mol. The van der Waals surface area contributed by atoms with Crippen molar-refractivity contribution in [2.75, 3.05) is 13.1 Å². The van der Waals surface area contributed by atoms with Crippen LogP contribution in [0.4, 0.5) is 0 Å². The minimum Gasteiger partial charge on any atom is -0.357 e. The molecule has 3 heteroatoms. The predicted molar refractivity (Wildman–Crippen MR) is 80.3 cm³/mol. The Morgan fingerprint density at radius 2 is 2.11 bits per heavy atom. The van der Waals surface area contributed by atoms with Gasteiger partial charge in [-0.05, 0) is 66.4 Å². The molecule has 0 saturated carbocycles. The number of aromatic nitrogens is 1.